The molecule has 0 aromatic carbocycles. The highest BCUT2D eigenvalue weighted by Gasteiger charge is 2.33. The van der Waals surface area contributed by atoms with Gasteiger partial charge in [-0.1, -0.05) is 12.2 Å². The SMILES string of the molecule is FC(F)(F)C1=CC=CCN1. The molecule has 1 N–H and O–H groups in total. The van der Waals surface area contributed by atoms with Crippen molar-refractivity contribution in [2.75, 3.05) is 6.54 Å². The van der Waals surface area contributed by atoms with Crippen LogP contribution in [0.4, 0.5) is 13.2 Å². The second-order valence-electron chi connectivity index (χ2n) is 1.89. The molecule has 0 aliphatic carbocycles. The first kappa shape index (κ1) is 7.18. The Kier molecular flexibility index (Phi) is 1.70. The van der Waals surface area contributed by atoms with Crippen molar-refractivity contribution in [1.82, 2.24) is 5.32 Å². The lowest BCUT2D eigenvalue weighted by Crippen LogP contribution is -2.27. The van der Waals surface area contributed by atoms with E-state index >= 15 is 0 Å². The molecule has 0 radical (unpaired) electrons. The molecular formula is C6H6F3N. The van der Waals surface area contributed by atoms with Gasteiger partial charge in [0.25, 0.3) is 0 Å². The van der Waals surface area contributed by atoms with E-state index in [1.807, 2.05) is 0 Å². The summed E-state index contributed by atoms with van der Waals surface area (Å²) in [5.74, 6) is 0. The Hall–Kier alpha value is -0.930. The average molecular weight is 149 g/mol. The Morgan fingerprint density at radius 3 is 2.40 bits per heavy atom. The fraction of sp³-hybridized carbons (Fsp3) is 0.333. The van der Waals surface area contributed by atoms with Crippen molar-refractivity contribution in [3.05, 3.63) is 23.9 Å². The predicted octanol–water partition coefficient (Wildman–Crippen LogP) is 1.59. The molecule has 1 aliphatic heterocycles. The van der Waals surface area contributed by atoms with Crippen LogP contribution in [0.1, 0.15) is 0 Å². The lowest BCUT2D eigenvalue weighted by atomic mass is 10.3. The van der Waals surface area contributed by atoms with Gasteiger partial charge in [0, 0.05) is 6.54 Å². The van der Waals surface area contributed by atoms with Crippen LogP contribution >= 0.6 is 0 Å². The van der Waals surface area contributed by atoms with Gasteiger partial charge >= 0.3 is 6.18 Å². The fourth-order valence-corrected chi connectivity index (χ4v) is 0.655. The van der Waals surface area contributed by atoms with E-state index in [1.54, 1.807) is 6.08 Å². The maximum atomic E-state index is 11.8. The molecule has 0 unspecified atom stereocenters. The van der Waals surface area contributed by atoms with E-state index in [9.17, 15) is 13.2 Å². The largest absolute Gasteiger partial charge is 0.430 e. The van der Waals surface area contributed by atoms with Crippen LogP contribution in [0, 0.1) is 0 Å². The Balaban J connectivity index is 2.72. The Morgan fingerprint density at radius 1 is 1.40 bits per heavy atom. The van der Waals surface area contributed by atoms with Crippen LogP contribution in [0.15, 0.2) is 23.9 Å². The van der Waals surface area contributed by atoms with Crippen molar-refractivity contribution in [1.29, 1.82) is 0 Å². The molecule has 1 heterocycles. The van der Waals surface area contributed by atoms with Gasteiger partial charge in [-0.2, -0.15) is 13.2 Å². The molecule has 0 saturated heterocycles. The Morgan fingerprint density at radius 2 is 2.10 bits per heavy atom. The van der Waals surface area contributed by atoms with E-state index < -0.39 is 11.9 Å². The number of allylic oxidation sites excluding steroid dienone is 3. The summed E-state index contributed by atoms with van der Waals surface area (Å²) in [6, 6.07) is 0. The van der Waals surface area contributed by atoms with Gasteiger partial charge in [0.1, 0.15) is 5.70 Å². The summed E-state index contributed by atoms with van der Waals surface area (Å²) in [6.45, 7) is 0.255. The minimum atomic E-state index is -4.23. The summed E-state index contributed by atoms with van der Waals surface area (Å²) >= 11 is 0. The van der Waals surface area contributed by atoms with Gasteiger partial charge < -0.3 is 5.32 Å². The summed E-state index contributed by atoms with van der Waals surface area (Å²) in [6.07, 6.45) is -0.206. The molecule has 1 rings (SSSR count). The van der Waals surface area contributed by atoms with Crippen LogP contribution in [-0.4, -0.2) is 12.7 Å². The van der Waals surface area contributed by atoms with Gasteiger partial charge in [0.15, 0.2) is 0 Å². The number of hydrogen-bond acceptors (Lipinski definition) is 1. The third-order valence-electron chi connectivity index (χ3n) is 1.11. The molecule has 0 spiro atoms. The van der Waals surface area contributed by atoms with Crippen LogP contribution in [0.2, 0.25) is 0 Å². The zero-order valence-electron chi connectivity index (χ0n) is 5.07. The van der Waals surface area contributed by atoms with Crippen molar-refractivity contribution in [3.63, 3.8) is 0 Å². The summed E-state index contributed by atoms with van der Waals surface area (Å²) < 4.78 is 35.3. The van der Waals surface area contributed by atoms with Crippen molar-refractivity contribution >= 4 is 0 Å². The maximum Gasteiger partial charge on any atom is 0.430 e. The van der Waals surface area contributed by atoms with Crippen molar-refractivity contribution in [2.24, 2.45) is 0 Å². The van der Waals surface area contributed by atoms with Crippen LogP contribution in [0.3, 0.4) is 0 Å². The second-order valence-corrected chi connectivity index (χ2v) is 1.89. The first-order valence-corrected chi connectivity index (χ1v) is 2.78. The quantitative estimate of drug-likeness (QED) is 0.551. The van der Waals surface area contributed by atoms with Gasteiger partial charge in [-0.05, 0) is 6.08 Å². The number of hydrogen-bond donors (Lipinski definition) is 1. The topological polar surface area (TPSA) is 12.0 Å². The maximum absolute atomic E-state index is 11.8. The first-order chi connectivity index (χ1) is 4.61. The zero-order valence-corrected chi connectivity index (χ0v) is 5.07. The van der Waals surface area contributed by atoms with Crippen molar-refractivity contribution < 1.29 is 13.2 Å². The molecule has 56 valence electrons. The predicted molar refractivity (Wildman–Crippen MR) is 31.3 cm³/mol. The molecule has 0 atom stereocenters. The normalized spacial score (nSPS) is 18.1. The highest BCUT2D eigenvalue weighted by molar-refractivity contribution is 5.20. The fourth-order valence-electron chi connectivity index (χ4n) is 0.655. The molecule has 0 amide bonds. The third-order valence-corrected chi connectivity index (χ3v) is 1.11. The molecule has 4 heteroatoms. The Labute approximate surface area is 56.2 Å². The average Bonchev–Trinajstić information content (AvgIpc) is 1.88. The molecule has 1 nitrogen and oxygen atoms in total. The van der Waals surface area contributed by atoms with Crippen LogP contribution in [0.5, 0.6) is 0 Å². The molecule has 0 aromatic rings. The minimum Gasteiger partial charge on any atom is -0.378 e. The first-order valence-electron chi connectivity index (χ1n) is 2.78. The van der Waals surface area contributed by atoms with E-state index in [2.05, 4.69) is 5.32 Å². The zero-order chi connectivity index (χ0) is 7.61. The number of nitrogens with one attached hydrogen (secondary N) is 1. The standard InChI is InChI=1S/C6H6F3N/c7-6(8,9)5-3-1-2-4-10-5/h1-3,10H,4H2. The number of halogens is 3. The molecule has 0 saturated carbocycles. The molecule has 10 heavy (non-hydrogen) atoms. The highest BCUT2D eigenvalue weighted by atomic mass is 19.4. The van der Waals surface area contributed by atoms with Gasteiger partial charge in [-0.3, -0.25) is 0 Å². The van der Waals surface area contributed by atoms with Crippen LogP contribution in [-0.2, 0) is 0 Å². The smallest absolute Gasteiger partial charge is 0.378 e. The van der Waals surface area contributed by atoms with Gasteiger partial charge in [-0.25, -0.2) is 0 Å². The highest BCUT2D eigenvalue weighted by Crippen LogP contribution is 2.23. The molecule has 0 bridgehead atoms. The van der Waals surface area contributed by atoms with E-state index in [-0.39, 0.29) is 6.54 Å². The summed E-state index contributed by atoms with van der Waals surface area (Å²) in [5.41, 5.74) is -0.671. The summed E-state index contributed by atoms with van der Waals surface area (Å²) in [7, 11) is 0. The van der Waals surface area contributed by atoms with Crippen molar-refractivity contribution in [2.45, 2.75) is 6.18 Å². The number of dihydropyridines is 1. The van der Waals surface area contributed by atoms with Gasteiger partial charge in [-0.15, -0.1) is 0 Å². The lowest BCUT2D eigenvalue weighted by Gasteiger charge is -2.14. The number of alkyl halides is 3. The third kappa shape index (κ3) is 1.52. The van der Waals surface area contributed by atoms with E-state index in [1.165, 1.54) is 6.08 Å². The summed E-state index contributed by atoms with van der Waals surface area (Å²) in [5, 5.41) is 2.21. The molecular weight excluding hydrogens is 143 g/mol. The second kappa shape index (κ2) is 2.36. The van der Waals surface area contributed by atoms with E-state index in [0.29, 0.717) is 0 Å². The molecule has 0 fully saturated rings. The van der Waals surface area contributed by atoms with Crippen molar-refractivity contribution in [3.8, 4) is 0 Å². The monoisotopic (exact) mass is 149 g/mol. The summed E-state index contributed by atoms with van der Waals surface area (Å²) in [4.78, 5) is 0. The molecule has 1 aliphatic rings. The van der Waals surface area contributed by atoms with Gasteiger partial charge in [0.2, 0.25) is 0 Å². The van der Waals surface area contributed by atoms with Gasteiger partial charge in [0.05, 0.1) is 0 Å². The minimum absolute atomic E-state index is 0.255. The molecule has 0 aromatic heterocycles. The number of rotatable bonds is 0. The van der Waals surface area contributed by atoms with Crippen LogP contribution < -0.4 is 5.32 Å². The van der Waals surface area contributed by atoms with E-state index in [4.69, 9.17) is 0 Å². The van der Waals surface area contributed by atoms with E-state index in [0.717, 1.165) is 6.08 Å². The lowest BCUT2D eigenvalue weighted by molar-refractivity contribution is -0.0965. The van der Waals surface area contributed by atoms with Crippen LogP contribution in [0.25, 0.3) is 0 Å². The Bertz CT molecular complexity index is 178.